The van der Waals surface area contributed by atoms with Crippen molar-refractivity contribution in [3.63, 3.8) is 0 Å². The van der Waals surface area contributed by atoms with Crippen molar-refractivity contribution in [3.8, 4) is 11.4 Å². The van der Waals surface area contributed by atoms with E-state index in [1.807, 2.05) is 77.9 Å². The highest BCUT2D eigenvalue weighted by atomic mass is 16.3. The fourth-order valence-corrected chi connectivity index (χ4v) is 2.06. The lowest BCUT2D eigenvalue weighted by Crippen LogP contribution is -2.08. The first-order valence-electron chi connectivity index (χ1n) is 8.73. The van der Waals surface area contributed by atoms with Crippen LogP contribution in [0.1, 0.15) is 52.9 Å². The molecule has 4 nitrogen and oxygen atoms in total. The molecule has 0 aliphatic carbocycles. The predicted octanol–water partition coefficient (Wildman–Crippen LogP) is 6.03. The van der Waals surface area contributed by atoms with Gasteiger partial charge in [0.1, 0.15) is 0 Å². The van der Waals surface area contributed by atoms with Gasteiger partial charge in [-0.2, -0.15) is 0 Å². The lowest BCUT2D eigenvalue weighted by Gasteiger charge is -2.17. The smallest absolute Gasteiger partial charge is 0.0997 e. The van der Waals surface area contributed by atoms with Gasteiger partial charge < -0.3 is 10.2 Å². The van der Waals surface area contributed by atoms with Crippen LogP contribution in [0.15, 0.2) is 47.9 Å². The summed E-state index contributed by atoms with van der Waals surface area (Å²) in [5.41, 5.74) is 2.12. The number of pyridine rings is 2. The van der Waals surface area contributed by atoms with Gasteiger partial charge in [0.15, 0.2) is 0 Å². The molecule has 26 heavy (non-hydrogen) atoms. The normalized spacial score (nSPS) is 13.8. The summed E-state index contributed by atoms with van der Waals surface area (Å²) in [5.74, 6) is 0.559. The highest BCUT2D eigenvalue weighted by molar-refractivity contribution is 5.60. The van der Waals surface area contributed by atoms with Crippen LogP contribution >= 0.6 is 0 Å². The van der Waals surface area contributed by atoms with Gasteiger partial charge in [-0.05, 0) is 24.3 Å². The van der Waals surface area contributed by atoms with E-state index < -0.39 is 0 Å². The van der Waals surface area contributed by atoms with Gasteiger partial charge in [-0.15, -0.1) is 0 Å². The minimum atomic E-state index is -0.328. The zero-order valence-corrected chi connectivity index (χ0v) is 16.4. The van der Waals surface area contributed by atoms with E-state index in [1.54, 1.807) is 12.2 Å². The second kappa shape index (κ2) is 7.32. The summed E-state index contributed by atoms with van der Waals surface area (Å²) in [7, 11) is 0. The van der Waals surface area contributed by atoms with Gasteiger partial charge in [0.2, 0.25) is 0 Å². The van der Waals surface area contributed by atoms with Gasteiger partial charge in [-0.1, -0.05) is 53.7 Å². The van der Waals surface area contributed by atoms with E-state index in [2.05, 4.69) is 9.97 Å². The molecule has 0 aliphatic heterocycles. The van der Waals surface area contributed by atoms with Crippen LogP contribution < -0.4 is 0 Å². The number of hydrogen-bond donors (Lipinski definition) is 2. The average Bonchev–Trinajstić information content (AvgIpc) is 2.53. The topological polar surface area (TPSA) is 66.2 Å². The highest BCUT2D eigenvalue weighted by Gasteiger charge is 2.17. The van der Waals surface area contributed by atoms with E-state index in [1.165, 1.54) is 0 Å². The molecule has 0 amide bonds. The zero-order valence-electron chi connectivity index (χ0n) is 16.4. The standard InChI is InChI=1S/C22H28N2O2/c1-21(2,3)19(25)13-15-9-7-11-17(23-15)18-12-8-10-16(24-18)14-20(26)22(4,5)6/h7-14,25-26H,1-6H3/b19-13-,20-14-. The van der Waals surface area contributed by atoms with Gasteiger partial charge in [0.05, 0.1) is 34.3 Å². The Morgan fingerprint density at radius 1 is 0.692 bits per heavy atom. The van der Waals surface area contributed by atoms with Crippen LogP contribution in [-0.2, 0) is 0 Å². The molecule has 2 rings (SSSR count). The van der Waals surface area contributed by atoms with Crippen molar-refractivity contribution in [2.45, 2.75) is 41.5 Å². The molecule has 0 saturated heterocycles. The van der Waals surface area contributed by atoms with Gasteiger partial charge in [0.25, 0.3) is 0 Å². The van der Waals surface area contributed by atoms with E-state index in [0.29, 0.717) is 22.8 Å². The lowest BCUT2D eigenvalue weighted by molar-refractivity contribution is 0.282. The lowest BCUT2D eigenvalue weighted by atomic mass is 9.93. The van der Waals surface area contributed by atoms with Crippen molar-refractivity contribution in [2.24, 2.45) is 10.8 Å². The molecular formula is C22H28N2O2. The summed E-state index contributed by atoms with van der Waals surface area (Å²) in [6.07, 6.45) is 3.36. The van der Waals surface area contributed by atoms with Crippen molar-refractivity contribution < 1.29 is 10.2 Å². The Hall–Kier alpha value is -2.62. The van der Waals surface area contributed by atoms with Crippen LogP contribution in [-0.4, -0.2) is 20.2 Å². The molecule has 0 fully saturated rings. The van der Waals surface area contributed by atoms with Crippen molar-refractivity contribution in [2.75, 3.05) is 0 Å². The first-order chi connectivity index (χ1) is 12.0. The number of rotatable bonds is 3. The number of nitrogens with zero attached hydrogens (tertiary/aromatic N) is 2. The van der Waals surface area contributed by atoms with Gasteiger partial charge in [0, 0.05) is 23.0 Å². The number of aliphatic hydroxyl groups excluding tert-OH is 2. The molecule has 2 heterocycles. The van der Waals surface area contributed by atoms with Crippen LogP contribution in [0.4, 0.5) is 0 Å². The van der Waals surface area contributed by atoms with Gasteiger partial charge in [-0.25, -0.2) is 9.97 Å². The summed E-state index contributed by atoms with van der Waals surface area (Å²) >= 11 is 0. The summed E-state index contributed by atoms with van der Waals surface area (Å²) in [6, 6.07) is 11.2. The molecule has 2 aromatic rings. The maximum Gasteiger partial charge on any atom is 0.0997 e. The molecule has 0 bridgehead atoms. The molecule has 0 aliphatic rings. The van der Waals surface area contributed by atoms with E-state index in [4.69, 9.17) is 0 Å². The average molecular weight is 352 g/mol. The zero-order chi connectivity index (χ0) is 19.5. The number of allylic oxidation sites excluding steroid dienone is 2. The van der Waals surface area contributed by atoms with Gasteiger partial charge >= 0.3 is 0 Å². The molecule has 0 aromatic carbocycles. The highest BCUT2D eigenvalue weighted by Crippen LogP contribution is 2.26. The number of aromatic nitrogens is 2. The first kappa shape index (κ1) is 19.7. The molecule has 138 valence electrons. The van der Waals surface area contributed by atoms with Crippen LogP contribution in [0, 0.1) is 10.8 Å². The second-order valence-corrected chi connectivity index (χ2v) is 8.45. The first-order valence-corrected chi connectivity index (χ1v) is 8.73. The Balaban J connectivity index is 2.39. The summed E-state index contributed by atoms with van der Waals surface area (Å²) in [6.45, 7) is 11.7. The SMILES string of the molecule is CC(C)(C)/C(O)=C/c1cccc(-c2cccc(/C=C(\O)C(C)(C)C)n2)n1. The third-order valence-electron chi connectivity index (χ3n) is 3.91. The maximum absolute atomic E-state index is 10.2. The third kappa shape index (κ3) is 5.19. The third-order valence-corrected chi connectivity index (χ3v) is 3.91. The van der Waals surface area contributed by atoms with E-state index in [9.17, 15) is 10.2 Å². The van der Waals surface area contributed by atoms with Crippen molar-refractivity contribution >= 4 is 12.2 Å². The molecule has 0 spiro atoms. The minimum Gasteiger partial charge on any atom is -0.512 e. The Morgan fingerprint density at radius 3 is 1.35 bits per heavy atom. The van der Waals surface area contributed by atoms with Crippen molar-refractivity contribution in [3.05, 3.63) is 59.3 Å². The predicted molar refractivity (Wildman–Crippen MR) is 108 cm³/mol. The van der Waals surface area contributed by atoms with Crippen molar-refractivity contribution in [1.29, 1.82) is 0 Å². The number of hydrogen-bond acceptors (Lipinski definition) is 4. The van der Waals surface area contributed by atoms with Crippen LogP contribution in [0.5, 0.6) is 0 Å². The quantitative estimate of drug-likeness (QED) is 0.662. The summed E-state index contributed by atoms with van der Waals surface area (Å²) in [5, 5.41) is 20.4. The van der Waals surface area contributed by atoms with E-state index in [-0.39, 0.29) is 22.3 Å². The van der Waals surface area contributed by atoms with Crippen LogP contribution in [0.3, 0.4) is 0 Å². The largest absolute Gasteiger partial charge is 0.512 e. The molecule has 0 unspecified atom stereocenters. The maximum atomic E-state index is 10.2. The van der Waals surface area contributed by atoms with Gasteiger partial charge in [-0.3, -0.25) is 0 Å². The Labute approximate surface area is 156 Å². The Morgan fingerprint density at radius 2 is 1.04 bits per heavy atom. The van der Waals surface area contributed by atoms with Crippen molar-refractivity contribution in [1.82, 2.24) is 9.97 Å². The number of aliphatic hydroxyl groups is 2. The second-order valence-electron chi connectivity index (χ2n) is 8.45. The fraction of sp³-hybridized carbons (Fsp3) is 0.364. The molecule has 2 N–H and O–H groups in total. The van der Waals surface area contributed by atoms with E-state index >= 15 is 0 Å². The monoisotopic (exact) mass is 352 g/mol. The summed E-state index contributed by atoms with van der Waals surface area (Å²) in [4.78, 5) is 9.17. The molecular weight excluding hydrogens is 324 g/mol. The summed E-state index contributed by atoms with van der Waals surface area (Å²) < 4.78 is 0. The molecule has 2 aromatic heterocycles. The van der Waals surface area contributed by atoms with Crippen LogP contribution in [0.25, 0.3) is 23.5 Å². The van der Waals surface area contributed by atoms with E-state index in [0.717, 1.165) is 0 Å². The molecule has 0 radical (unpaired) electrons. The molecule has 4 heteroatoms. The molecule has 0 saturated carbocycles. The Kier molecular flexibility index (Phi) is 5.55. The fourth-order valence-electron chi connectivity index (χ4n) is 2.06. The molecule has 0 atom stereocenters. The minimum absolute atomic E-state index is 0.280. The Bertz CT molecular complexity index is 766. The van der Waals surface area contributed by atoms with Crippen LogP contribution in [0.2, 0.25) is 0 Å².